The first kappa shape index (κ1) is 19.9. The van der Waals surface area contributed by atoms with E-state index in [1.807, 2.05) is 17.7 Å². The molecule has 28 heavy (non-hydrogen) atoms. The molecule has 0 spiro atoms. The maximum absolute atomic E-state index is 12.7. The van der Waals surface area contributed by atoms with Crippen molar-refractivity contribution in [3.8, 4) is 11.4 Å². The number of methoxy groups -OCH3 is 1. The molecular weight excluding hydrogens is 377 g/mol. The number of carbonyl (C=O) groups is 1. The lowest BCUT2D eigenvalue weighted by Gasteiger charge is -2.11. The Balaban J connectivity index is 1.84. The Bertz CT molecular complexity index is 994. The summed E-state index contributed by atoms with van der Waals surface area (Å²) in [7, 11) is 1.46. The fourth-order valence-corrected chi connectivity index (χ4v) is 2.81. The normalized spacial score (nSPS) is 13.1. The van der Waals surface area contributed by atoms with Gasteiger partial charge in [-0.1, -0.05) is 17.3 Å². The molecule has 1 N–H and O–H groups in total. The molecule has 2 aromatic heterocycles. The highest BCUT2D eigenvalue weighted by Crippen LogP contribution is 2.31. The average Bonchev–Trinajstić information content (AvgIpc) is 3.26. The lowest BCUT2D eigenvalue weighted by atomic mass is 10.1. The minimum Gasteiger partial charge on any atom is -0.372 e. The molecule has 1 unspecified atom stereocenters. The summed E-state index contributed by atoms with van der Waals surface area (Å²) in [6.45, 7) is 4.44. The van der Waals surface area contributed by atoms with E-state index in [9.17, 15) is 18.0 Å². The molecule has 3 rings (SSSR count). The maximum Gasteiger partial charge on any atom is 0.471 e. The van der Waals surface area contributed by atoms with Crippen LogP contribution < -0.4 is 5.32 Å². The first-order valence-corrected chi connectivity index (χ1v) is 8.52. The van der Waals surface area contributed by atoms with Crippen LogP contribution in [0.5, 0.6) is 0 Å². The number of halogens is 3. The van der Waals surface area contributed by atoms with Crippen LogP contribution in [0.1, 0.15) is 18.4 Å². The molecule has 0 fully saturated rings. The van der Waals surface area contributed by atoms with Gasteiger partial charge in [0.05, 0.1) is 0 Å². The van der Waals surface area contributed by atoms with E-state index in [-0.39, 0.29) is 11.7 Å². The second kappa shape index (κ2) is 7.63. The Morgan fingerprint density at radius 2 is 2.14 bits per heavy atom. The number of nitrogens with one attached hydrogen (secondary N) is 1. The van der Waals surface area contributed by atoms with Crippen LogP contribution in [0.15, 0.2) is 28.9 Å². The third-order valence-electron chi connectivity index (χ3n) is 4.38. The molecule has 2 heterocycles. The molecule has 0 aliphatic rings. The van der Waals surface area contributed by atoms with E-state index in [0.717, 1.165) is 16.5 Å². The minimum absolute atomic E-state index is 0.137. The Morgan fingerprint density at radius 1 is 1.39 bits per heavy atom. The number of aryl methyl sites for hydroxylation is 1. The summed E-state index contributed by atoms with van der Waals surface area (Å²) in [6.07, 6.45) is -3.32. The molecule has 0 radical (unpaired) electrons. The fraction of sp³-hybridized carbons (Fsp3) is 0.389. The molecule has 1 amide bonds. The predicted molar refractivity (Wildman–Crippen MR) is 94.4 cm³/mol. The molecule has 0 saturated carbocycles. The first-order chi connectivity index (χ1) is 13.2. The molecule has 1 aromatic carbocycles. The number of amides is 1. The van der Waals surface area contributed by atoms with Gasteiger partial charge in [-0.3, -0.25) is 4.79 Å². The number of hydrogen-bond acceptors (Lipinski definition) is 5. The number of benzene rings is 1. The number of nitrogens with zero attached hydrogens (tertiary/aromatic N) is 3. The number of ether oxygens (including phenoxy) is 1. The summed E-state index contributed by atoms with van der Waals surface area (Å²) >= 11 is 0. The molecule has 1 atom stereocenters. The van der Waals surface area contributed by atoms with Crippen molar-refractivity contribution in [2.24, 2.45) is 0 Å². The molecular formula is C18H19F3N4O3. The minimum atomic E-state index is -4.69. The highest BCUT2D eigenvalue weighted by Gasteiger charge is 2.38. The van der Waals surface area contributed by atoms with Gasteiger partial charge < -0.3 is 19.1 Å². The smallest absolute Gasteiger partial charge is 0.372 e. The van der Waals surface area contributed by atoms with Crippen LogP contribution in [0.25, 0.3) is 22.3 Å². The van der Waals surface area contributed by atoms with Gasteiger partial charge in [-0.05, 0) is 25.5 Å². The van der Waals surface area contributed by atoms with E-state index < -0.39 is 18.2 Å². The molecule has 0 aliphatic carbocycles. The Hall–Kier alpha value is -2.88. The molecule has 7 nitrogen and oxygen atoms in total. The Kier molecular flexibility index (Phi) is 5.41. The molecule has 0 aliphatic heterocycles. The number of alkyl halides is 3. The highest BCUT2D eigenvalue weighted by molar-refractivity contribution is 5.87. The number of hydrogen-bond donors (Lipinski definition) is 1. The fourth-order valence-electron chi connectivity index (χ4n) is 2.81. The summed E-state index contributed by atoms with van der Waals surface area (Å²) in [4.78, 5) is 15.2. The van der Waals surface area contributed by atoms with Crippen LogP contribution in [0.3, 0.4) is 0 Å². The van der Waals surface area contributed by atoms with Gasteiger partial charge >= 0.3 is 12.1 Å². The highest BCUT2D eigenvalue weighted by atomic mass is 19.4. The van der Waals surface area contributed by atoms with Gasteiger partial charge in [0.15, 0.2) is 0 Å². The van der Waals surface area contributed by atoms with Gasteiger partial charge in [0, 0.05) is 42.9 Å². The van der Waals surface area contributed by atoms with Crippen LogP contribution in [-0.2, 0) is 22.3 Å². The van der Waals surface area contributed by atoms with Crippen molar-refractivity contribution in [1.82, 2.24) is 20.0 Å². The molecule has 0 saturated heterocycles. The van der Waals surface area contributed by atoms with E-state index in [1.165, 1.54) is 7.11 Å². The van der Waals surface area contributed by atoms with Crippen molar-refractivity contribution in [1.29, 1.82) is 0 Å². The van der Waals surface area contributed by atoms with Crippen molar-refractivity contribution in [2.75, 3.05) is 13.7 Å². The van der Waals surface area contributed by atoms with E-state index in [0.29, 0.717) is 18.7 Å². The summed E-state index contributed by atoms with van der Waals surface area (Å²) in [6, 6.07) is 5.14. The number of carbonyl (C=O) groups excluding carboxylic acids is 1. The SMILES string of the molecule is COC(C)C(=O)NCCn1cc(C)c2ccc(-c3noc(C(F)(F)F)n3)cc21. The van der Waals surface area contributed by atoms with Crippen molar-refractivity contribution >= 4 is 16.8 Å². The Morgan fingerprint density at radius 3 is 2.79 bits per heavy atom. The van der Waals surface area contributed by atoms with Crippen LogP contribution in [0, 0.1) is 6.92 Å². The van der Waals surface area contributed by atoms with E-state index in [1.54, 1.807) is 25.1 Å². The summed E-state index contributed by atoms with van der Waals surface area (Å²) in [5.74, 6) is -1.74. The van der Waals surface area contributed by atoms with E-state index >= 15 is 0 Å². The standard InChI is InChI=1S/C18H19F3N4O3/c1-10-9-25(7-6-22-16(26)11(2)27-3)14-8-12(4-5-13(10)14)15-23-17(28-24-15)18(19,20)21/h4-5,8-9,11H,6-7H2,1-3H3,(H,22,26). The van der Waals surface area contributed by atoms with Gasteiger partial charge in [0.2, 0.25) is 11.7 Å². The maximum atomic E-state index is 12.7. The van der Waals surface area contributed by atoms with Crippen molar-refractivity contribution in [3.05, 3.63) is 35.9 Å². The molecule has 10 heteroatoms. The van der Waals surface area contributed by atoms with Crippen molar-refractivity contribution < 1.29 is 27.2 Å². The monoisotopic (exact) mass is 396 g/mol. The average molecular weight is 396 g/mol. The molecule has 0 bridgehead atoms. The lowest BCUT2D eigenvalue weighted by molar-refractivity contribution is -0.159. The van der Waals surface area contributed by atoms with E-state index in [2.05, 4.69) is 20.0 Å². The van der Waals surface area contributed by atoms with Crippen LogP contribution >= 0.6 is 0 Å². The number of aromatic nitrogens is 3. The topological polar surface area (TPSA) is 82.2 Å². The summed E-state index contributed by atoms with van der Waals surface area (Å²) in [5, 5.41) is 7.14. The van der Waals surface area contributed by atoms with Crippen molar-refractivity contribution in [2.45, 2.75) is 32.7 Å². The lowest BCUT2D eigenvalue weighted by Crippen LogP contribution is -2.35. The van der Waals surface area contributed by atoms with Gasteiger partial charge in [-0.2, -0.15) is 18.2 Å². The first-order valence-electron chi connectivity index (χ1n) is 8.52. The summed E-state index contributed by atoms with van der Waals surface area (Å²) in [5.41, 5.74) is 2.20. The van der Waals surface area contributed by atoms with Gasteiger partial charge in [0.1, 0.15) is 6.10 Å². The number of fused-ring (bicyclic) bond motifs is 1. The largest absolute Gasteiger partial charge is 0.471 e. The van der Waals surface area contributed by atoms with E-state index in [4.69, 9.17) is 4.74 Å². The number of rotatable bonds is 6. The van der Waals surface area contributed by atoms with Crippen LogP contribution in [-0.4, -0.2) is 40.4 Å². The van der Waals surface area contributed by atoms with Crippen LogP contribution in [0.4, 0.5) is 13.2 Å². The summed E-state index contributed by atoms with van der Waals surface area (Å²) < 4.78 is 49.2. The van der Waals surface area contributed by atoms with Crippen LogP contribution in [0.2, 0.25) is 0 Å². The zero-order chi connectivity index (χ0) is 20.5. The van der Waals surface area contributed by atoms with Gasteiger partial charge in [-0.15, -0.1) is 0 Å². The second-order valence-electron chi connectivity index (χ2n) is 6.33. The third kappa shape index (κ3) is 4.01. The molecule has 3 aromatic rings. The van der Waals surface area contributed by atoms with Gasteiger partial charge in [0.25, 0.3) is 0 Å². The van der Waals surface area contributed by atoms with Gasteiger partial charge in [-0.25, -0.2) is 0 Å². The van der Waals surface area contributed by atoms with Crippen molar-refractivity contribution in [3.63, 3.8) is 0 Å². The third-order valence-corrected chi connectivity index (χ3v) is 4.38. The molecule has 150 valence electrons. The quantitative estimate of drug-likeness (QED) is 0.692. The second-order valence-corrected chi connectivity index (χ2v) is 6.33. The Labute approximate surface area is 158 Å². The predicted octanol–water partition coefficient (Wildman–Crippen LogP) is 3.17. The zero-order valence-corrected chi connectivity index (χ0v) is 15.5. The zero-order valence-electron chi connectivity index (χ0n) is 15.5.